The Labute approximate surface area is 79.6 Å². The van der Waals surface area contributed by atoms with Gasteiger partial charge in [0.1, 0.15) is 5.69 Å². The predicted octanol–water partition coefficient (Wildman–Crippen LogP) is 1.71. The van der Waals surface area contributed by atoms with E-state index in [1.165, 1.54) is 11.3 Å². The summed E-state index contributed by atoms with van der Waals surface area (Å²) in [6.45, 7) is 0. The standard InChI is InChI=1S/C9H8N2OS/c1-11-8(2-4-10-11)9(12)7-3-5-13-6-7/h2-6H,1H3. The van der Waals surface area contributed by atoms with Crippen molar-refractivity contribution in [1.29, 1.82) is 0 Å². The van der Waals surface area contributed by atoms with Crippen molar-refractivity contribution in [2.45, 2.75) is 0 Å². The van der Waals surface area contributed by atoms with Gasteiger partial charge in [-0.1, -0.05) is 0 Å². The number of aryl methyl sites for hydroxylation is 1. The molecule has 2 aromatic heterocycles. The average molecular weight is 192 g/mol. The fraction of sp³-hybridized carbons (Fsp3) is 0.111. The fourth-order valence-electron chi connectivity index (χ4n) is 1.14. The molecule has 0 amide bonds. The number of aromatic nitrogens is 2. The van der Waals surface area contributed by atoms with Gasteiger partial charge in [-0.05, 0) is 17.5 Å². The van der Waals surface area contributed by atoms with Gasteiger partial charge in [0.15, 0.2) is 0 Å². The third kappa shape index (κ3) is 1.40. The van der Waals surface area contributed by atoms with E-state index in [-0.39, 0.29) is 5.78 Å². The van der Waals surface area contributed by atoms with E-state index in [0.29, 0.717) is 5.69 Å². The summed E-state index contributed by atoms with van der Waals surface area (Å²) in [4.78, 5) is 11.7. The molecule has 0 spiro atoms. The highest BCUT2D eigenvalue weighted by Crippen LogP contribution is 2.11. The Morgan fingerprint density at radius 1 is 1.54 bits per heavy atom. The van der Waals surface area contributed by atoms with Crippen LogP contribution in [-0.4, -0.2) is 15.6 Å². The van der Waals surface area contributed by atoms with Gasteiger partial charge in [-0.25, -0.2) is 0 Å². The Morgan fingerprint density at radius 3 is 2.92 bits per heavy atom. The van der Waals surface area contributed by atoms with E-state index in [1.54, 1.807) is 24.0 Å². The van der Waals surface area contributed by atoms with Crippen LogP contribution in [0.5, 0.6) is 0 Å². The summed E-state index contributed by atoms with van der Waals surface area (Å²) in [6.07, 6.45) is 1.62. The van der Waals surface area contributed by atoms with Crippen LogP contribution in [0.1, 0.15) is 16.1 Å². The smallest absolute Gasteiger partial charge is 0.211 e. The molecule has 0 atom stereocenters. The Morgan fingerprint density at radius 2 is 2.38 bits per heavy atom. The van der Waals surface area contributed by atoms with Gasteiger partial charge in [-0.3, -0.25) is 9.48 Å². The number of hydrogen-bond donors (Lipinski definition) is 0. The molecule has 0 N–H and O–H groups in total. The lowest BCUT2D eigenvalue weighted by Gasteiger charge is -1.97. The van der Waals surface area contributed by atoms with E-state index in [2.05, 4.69) is 5.10 Å². The summed E-state index contributed by atoms with van der Waals surface area (Å²) in [5.74, 6) is 0.0289. The number of ketones is 1. The zero-order valence-corrected chi connectivity index (χ0v) is 7.91. The summed E-state index contributed by atoms with van der Waals surface area (Å²) in [5.41, 5.74) is 1.35. The minimum Gasteiger partial charge on any atom is -0.287 e. The quantitative estimate of drug-likeness (QED) is 0.679. The maximum Gasteiger partial charge on any atom is 0.211 e. The fourth-order valence-corrected chi connectivity index (χ4v) is 1.77. The van der Waals surface area contributed by atoms with Crippen molar-refractivity contribution in [2.24, 2.45) is 7.05 Å². The second-order valence-electron chi connectivity index (χ2n) is 2.68. The Bertz CT molecular complexity index is 417. The van der Waals surface area contributed by atoms with Crippen LogP contribution in [0.2, 0.25) is 0 Å². The molecular formula is C9H8N2OS. The molecule has 0 unspecified atom stereocenters. The van der Waals surface area contributed by atoms with Crippen molar-refractivity contribution in [3.8, 4) is 0 Å². The van der Waals surface area contributed by atoms with Crippen LogP contribution in [0.25, 0.3) is 0 Å². The monoisotopic (exact) mass is 192 g/mol. The van der Waals surface area contributed by atoms with Crippen LogP contribution < -0.4 is 0 Å². The molecule has 0 aliphatic carbocycles. The zero-order valence-electron chi connectivity index (χ0n) is 7.10. The molecule has 2 rings (SSSR count). The highest BCUT2D eigenvalue weighted by atomic mass is 32.1. The molecule has 0 aromatic carbocycles. The summed E-state index contributed by atoms with van der Waals surface area (Å²) in [6, 6.07) is 3.54. The molecule has 13 heavy (non-hydrogen) atoms. The second kappa shape index (κ2) is 3.14. The molecule has 0 radical (unpaired) electrons. The summed E-state index contributed by atoms with van der Waals surface area (Å²) in [5, 5.41) is 7.68. The Kier molecular flexibility index (Phi) is 1.98. The van der Waals surface area contributed by atoms with Crippen LogP contribution in [-0.2, 0) is 7.05 Å². The number of carbonyl (C=O) groups excluding carboxylic acids is 1. The predicted molar refractivity (Wildman–Crippen MR) is 51.0 cm³/mol. The lowest BCUT2D eigenvalue weighted by molar-refractivity contribution is 0.103. The van der Waals surface area contributed by atoms with Gasteiger partial charge < -0.3 is 0 Å². The number of thiophene rings is 1. The average Bonchev–Trinajstić information content (AvgIpc) is 2.72. The van der Waals surface area contributed by atoms with E-state index in [0.717, 1.165) is 5.56 Å². The molecule has 0 fully saturated rings. The minimum absolute atomic E-state index is 0.0289. The molecule has 0 saturated heterocycles. The van der Waals surface area contributed by atoms with Crippen LogP contribution in [0.3, 0.4) is 0 Å². The lowest BCUT2D eigenvalue weighted by Crippen LogP contribution is -2.06. The second-order valence-corrected chi connectivity index (χ2v) is 3.46. The van der Waals surface area contributed by atoms with Gasteiger partial charge in [0, 0.05) is 24.2 Å². The maximum atomic E-state index is 11.7. The molecule has 0 bridgehead atoms. The largest absolute Gasteiger partial charge is 0.287 e. The number of hydrogen-bond acceptors (Lipinski definition) is 3. The first-order valence-corrected chi connectivity index (χ1v) is 4.78. The molecule has 2 aromatic rings. The first-order chi connectivity index (χ1) is 6.29. The van der Waals surface area contributed by atoms with E-state index < -0.39 is 0 Å². The highest BCUT2D eigenvalue weighted by molar-refractivity contribution is 7.08. The molecular weight excluding hydrogens is 184 g/mol. The third-order valence-corrected chi connectivity index (χ3v) is 2.52. The van der Waals surface area contributed by atoms with Crippen molar-refractivity contribution in [1.82, 2.24) is 9.78 Å². The molecule has 4 heteroatoms. The first kappa shape index (κ1) is 8.19. The van der Waals surface area contributed by atoms with Gasteiger partial charge in [-0.15, -0.1) is 0 Å². The first-order valence-electron chi connectivity index (χ1n) is 3.84. The number of nitrogens with zero attached hydrogens (tertiary/aromatic N) is 2. The van der Waals surface area contributed by atoms with Crippen molar-refractivity contribution in [3.05, 3.63) is 40.3 Å². The van der Waals surface area contributed by atoms with Crippen LogP contribution in [0, 0.1) is 0 Å². The number of rotatable bonds is 2. The molecule has 0 aliphatic rings. The Hall–Kier alpha value is -1.42. The number of carbonyl (C=O) groups is 1. The van der Waals surface area contributed by atoms with E-state index in [1.807, 2.05) is 16.8 Å². The molecule has 0 aliphatic heterocycles. The SMILES string of the molecule is Cn1nccc1C(=O)c1ccsc1. The lowest BCUT2D eigenvalue weighted by atomic mass is 10.2. The molecule has 2 heterocycles. The van der Waals surface area contributed by atoms with Crippen molar-refractivity contribution >= 4 is 17.1 Å². The summed E-state index contributed by atoms with van der Waals surface area (Å²) in [7, 11) is 1.76. The normalized spacial score (nSPS) is 10.2. The zero-order chi connectivity index (χ0) is 9.26. The van der Waals surface area contributed by atoms with E-state index in [4.69, 9.17) is 0 Å². The van der Waals surface area contributed by atoms with Crippen molar-refractivity contribution < 1.29 is 4.79 Å². The van der Waals surface area contributed by atoms with Crippen LogP contribution in [0.4, 0.5) is 0 Å². The topological polar surface area (TPSA) is 34.9 Å². The van der Waals surface area contributed by atoms with Gasteiger partial charge in [0.2, 0.25) is 5.78 Å². The van der Waals surface area contributed by atoms with Gasteiger partial charge in [0.25, 0.3) is 0 Å². The molecule has 66 valence electrons. The molecule has 0 saturated carbocycles. The van der Waals surface area contributed by atoms with Gasteiger partial charge in [0.05, 0.1) is 0 Å². The maximum absolute atomic E-state index is 11.7. The van der Waals surface area contributed by atoms with Gasteiger partial charge >= 0.3 is 0 Å². The minimum atomic E-state index is 0.0289. The van der Waals surface area contributed by atoms with Crippen LogP contribution >= 0.6 is 11.3 Å². The third-order valence-electron chi connectivity index (χ3n) is 1.84. The van der Waals surface area contributed by atoms with Crippen molar-refractivity contribution in [2.75, 3.05) is 0 Å². The summed E-state index contributed by atoms with van der Waals surface area (Å²) < 4.78 is 1.58. The van der Waals surface area contributed by atoms with E-state index in [9.17, 15) is 4.79 Å². The van der Waals surface area contributed by atoms with Crippen molar-refractivity contribution in [3.63, 3.8) is 0 Å². The van der Waals surface area contributed by atoms with Gasteiger partial charge in [-0.2, -0.15) is 16.4 Å². The summed E-state index contributed by atoms with van der Waals surface area (Å²) >= 11 is 1.52. The Balaban J connectivity index is 2.39. The van der Waals surface area contributed by atoms with Crippen LogP contribution in [0.15, 0.2) is 29.1 Å². The molecule has 3 nitrogen and oxygen atoms in total. The van der Waals surface area contributed by atoms with E-state index >= 15 is 0 Å². The highest BCUT2D eigenvalue weighted by Gasteiger charge is 2.12.